The van der Waals surface area contributed by atoms with Gasteiger partial charge in [-0.15, -0.1) is 0 Å². The number of fused-ring (bicyclic) bond motifs is 1. The number of alkyl halides is 3. The number of carbonyl (C=O) groups is 1. The van der Waals surface area contributed by atoms with E-state index in [9.17, 15) is 18.0 Å². The molecule has 3 aromatic rings. The van der Waals surface area contributed by atoms with E-state index in [2.05, 4.69) is 29.2 Å². The van der Waals surface area contributed by atoms with Crippen molar-refractivity contribution in [1.29, 1.82) is 0 Å². The lowest BCUT2D eigenvalue weighted by Gasteiger charge is -2.34. The summed E-state index contributed by atoms with van der Waals surface area (Å²) in [6, 6.07) is 12.3. The molecule has 10 heteroatoms. The lowest BCUT2D eigenvalue weighted by molar-refractivity contribution is -0.137. The summed E-state index contributed by atoms with van der Waals surface area (Å²) in [6.07, 6.45) is -3.42. The first-order valence-corrected chi connectivity index (χ1v) is 12.0. The molecule has 1 fully saturated rings. The molecule has 1 aliphatic heterocycles. The Morgan fingerprint density at radius 2 is 1.69 bits per heavy atom. The average Bonchev–Trinajstić information content (AvgIpc) is 2.86. The Hall–Kier alpha value is -3.24. The van der Waals surface area contributed by atoms with Gasteiger partial charge >= 0.3 is 6.18 Å². The van der Waals surface area contributed by atoms with Gasteiger partial charge < -0.3 is 15.1 Å². The van der Waals surface area contributed by atoms with Gasteiger partial charge in [0.2, 0.25) is 0 Å². The van der Waals surface area contributed by atoms with Crippen molar-refractivity contribution in [3.8, 4) is 0 Å². The summed E-state index contributed by atoms with van der Waals surface area (Å²) in [4.78, 5) is 28.3. The van der Waals surface area contributed by atoms with Crippen LogP contribution in [0.3, 0.4) is 0 Å². The predicted octanol–water partition coefficient (Wildman–Crippen LogP) is 3.97. The number of carbonyl (C=O) groups excluding carboxylic acids is 1. The molecule has 4 rings (SSSR count). The van der Waals surface area contributed by atoms with Gasteiger partial charge in [0, 0.05) is 43.7 Å². The molecular weight excluding hydrogens is 469 g/mol. The monoisotopic (exact) mass is 500 g/mol. The molecule has 0 unspecified atom stereocenters. The summed E-state index contributed by atoms with van der Waals surface area (Å²) in [6.45, 7) is 4.59. The van der Waals surface area contributed by atoms with Crippen LogP contribution < -0.4 is 5.32 Å². The number of halogens is 3. The zero-order valence-electron chi connectivity index (χ0n) is 20.6. The molecule has 1 amide bonds. The Morgan fingerprint density at radius 1 is 1.00 bits per heavy atom. The van der Waals surface area contributed by atoms with Gasteiger partial charge in [0.25, 0.3) is 5.91 Å². The van der Waals surface area contributed by atoms with Crippen LogP contribution in [-0.4, -0.2) is 83.9 Å². The number of nitrogens with zero attached hydrogens (tertiary/aromatic N) is 5. The molecule has 0 atom stereocenters. The molecule has 0 bridgehead atoms. The van der Waals surface area contributed by atoms with Crippen LogP contribution in [0, 0.1) is 0 Å². The number of anilines is 1. The molecular formula is C26H31F3N6O. The smallest absolute Gasteiger partial charge is 0.369 e. The first kappa shape index (κ1) is 25.8. The molecule has 0 spiro atoms. The number of hydrogen-bond acceptors (Lipinski definition) is 6. The molecule has 0 aliphatic carbocycles. The van der Waals surface area contributed by atoms with Gasteiger partial charge in [-0.3, -0.25) is 9.69 Å². The Balaban J connectivity index is 1.37. The third-order valence-corrected chi connectivity index (χ3v) is 6.21. The minimum absolute atomic E-state index is 0.255. The van der Waals surface area contributed by atoms with E-state index in [1.807, 2.05) is 24.3 Å². The molecule has 1 saturated heterocycles. The fraction of sp³-hybridized carbons (Fsp3) is 0.423. The van der Waals surface area contributed by atoms with Crippen molar-refractivity contribution in [2.45, 2.75) is 19.1 Å². The minimum Gasteiger partial charge on any atom is -0.369 e. The molecule has 7 nitrogen and oxygen atoms in total. The van der Waals surface area contributed by atoms with Crippen LogP contribution in [0.15, 0.2) is 48.5 Å². The van der Waals surface area contributed by atoms with Crippen molar-refractivity contribution < 1.29 is 18.0 Å². The van der Waals surface area contributed by atoms with Crippen LogP contribution in [0.4, 0.5) is 19.0 Å². The van der Waals surface area contributed by atoms with E-state index in [1.165, 1.54) is 12.1 Å². The molecule has 0 radical (unpaired) electrons. The normalized spacial score (nSPS) is 15.0. The van der Waals surface area contributed by atoms with Crippen molar-refractivity contribution in [3.05, 3.63) is 65.5 Å². The third kappa shape index (κ3) is 6.50. The Kier molecular flexibility index (Phi) is 8.05. The highest BCUT2D eigenvalue weighted by atomic mass is 19.4. The first-order chi connectivity index (χ1) is 17.2. The summed E-state index contributed by atoms with van der Waals surface area (Å²) < 4.78 is 38.4. The summed E-state index contributed by atoms with van der Waals surface area (Å²) in [5, 5.41) is 4.44. The standard InChI is InChI=1S/C26H31F3N6O/c1-33(2)13-5-12-30-24-21-6-3-4-7-22(21)31-23(32-24)18-34-14-16-35(17-15-34)25(36)19-8-10-20(11-9-19)26(27,28)29/h3-4,6-11H,5,12-18H2,1-2H3,(H,30,31,32). The highest BCUT2D eigenvalue weighted by Crippen LogP contribution is 2.29. The van der Waals surface area contributed by atoms with Crippen molar-refractivity contribution in [2.75, 3.05) is 58.7 Å². The van der Waals surface area contributed by atoms with E-state index in [0.717, 1.165) is 48.4 Å². The van der Waals surface area contributed by atoms with Crippen molar-refractivity contribution in [2.24, 2.45) is 0 Å². The fourth-order valence-corrected chi connectivity index (χ4v) is 4.23. The molecule has 0 saturated carbocycles. The first-order valence-electron chi connectivity index (χ1n) is 12.0. The molecule has 36 heavy (non-hydrogen) atoms. The maximum Gasteiger partial charge on any atom is 0.416 e. The van der Waals surface area contributed by atoms with Crippen LogP contribution in [0.2, 0.25) is 0 Å². The number of nitrogens with one attached hydrogen (secondary N) is 1. The second-order valence-electron chi connectivity index (χ2n) is 9.23. The predicted molar refractivity (Wildman–Crippen MR) is 134 cm³/mol. The maximum absolute atomic E-state index is 12.8. The van der Waals surface area contributed by atoms with Crippen LogP contribution in [0.25, 0.3) is 10.9 Å². The number of aromatic nitrogens is 2. The second kappa shape index (κ2) is 11.2. The van der Waals surface area contributed by atoms with Crippen LogP contribution >= 0.6 is 0 Å². The molecule has 1 N–H and O–H groups in total. The summed E-state index contributed by atoms with van der Waals surface area (Å²) in [5.41, 5.74) is 0.388. The summed E-state index contributed by atoms with van der Waals surface area (Å²) >= 11 is 0. The number of rotatable bonds is 8. The zero-order valence-corrected chi connectivity index (χ0v) is 20.6. The van der Waals surface area contributed by atoms with Gasteiger partial charge in [0.1, 0.15) is 11.6 Å². The number of amides is 1. The summed E-state index contributed by atoms with van der Waals surface area (Å²) in [7, 11) is 4.10. The third-order valence-electron chi connectivity index (χ3n) is 6.21. The largest absolute Gasteiger partial charge is 0.416 e. The van der Waals surface area contributed by atoms with Crippen molar-refractivity contribution in [3.63, 3.8) is 0 Å². The molecule has 1 aromatic heterocycles. The molecule has 2 aromatic carbocycles. The average molecular weight is 501 g/mol. The van der Waals surface area contributed by atoms with Gasteiger partial charge in [-0.25, -0.2) is 9.97 Å². The summed E-state index contributed by atoms with van der Waals surface area (Å²) in [5.74, 6) is 1.28. The van der Waals surface area contributed by atoms with E-state index in [0.29, 0.717) is 38.5 Å². The molecule has 2 heterocycles. The van der Waals surface area contributed by atoms with E-state index in [1.54, 1.807) is 4.90 Å². The highest BCUT2D eigenvalue weighted by molar-refractivity contribution is 5.94. The lowest BCUT2D eigenvalue weighted by Crippen LogP contribution is -2.48. The van der Waals surface area contributed by atoms with Gasteiger partial charge in [0.15, 0.2) is 0 Å². The molecule has 1 aliphatic rings. The van der Waals surface area contributed by atoms with Gasteiger partial charge in [-0.2, -0.15) is 13.2 Å². The quantitative estimate of drug-likeness (QED) is 0.473. The van der Waals surface area contributed by atoms with Gasteiger partial charge in [0.05, 0.1) is 17.6 Å². The van der Waals surface area contributed by atoms with Crippen molar-refractivity contribution >= 4 is 22.6 Å². The second-order valence-corrected chi connectivity index (χ2v) is 9.23. The van der Waals surface area contributed by atoms with Gasteiger partial charge in [-0.05, 0) is 63.5 Å². The maximum atomic E-state index is 12.8. The molecule has 192 valence electrons. The number of hydrogen-bond donors (Lipinski definition) is 1. The fourth-order valence-electron chi connectivity index (χ4n) is 4.23. The van der Waals surface area contributed by atoms with Crippen LogP contribution in [0.5, 0.6) is 0 Å². The van der Waals surface area contributed by atoms with E-state index >= 15 is 0 Å². The van der Waals surface area contributed by atoms with E-state index < -0.39 is 11.7 Å². The number of benzene rings is 2. The number of piperazine rings is 1. The van der Waals surface area contributed by atoms with Gasteiger partial charge in [-0.1, -0.05) is 12.1 Å². The highest BCUT2D eigenvalue weighted by Gasteiger charge is 2.31. The zero-order chi connectivity index (χ0) is 25.7. The van der Waals surface area contributed by atoms with Crippen LogP contribution in [-0.2, 0) is 12.7 Å². The minimum atomic E-state index is -4.42. The Labute approximate surface area is 208 Å². The topological polar surface area (TPSA) is 64.6 Å². The Bertz CT molecular complexity index is 1170. The van der Waals surface area contributed by atoms with E-state index in [4.69, 9.17) is 9.97 Å². The lowest BCUT2D eigenvalue weighted by atomic mass is 10.1. The van der Waals surface area contributed by atoms with Crippen molar-refractivity contribution in [1.82, 2.24) is 24.7 Å². The number of para-hydroxylation sites is 1. The SMILES string of the molecule is CN(C)CCCNc1nc(CN2CCN(C(=O)c3ccc(C(F)(F)F)cc3)CC2)nc2ccccc12. The van der Waals surface area contributed by atoms with Crippen LogP contribution in [0.1, 0.15) is 28.2 Å². The van der Waals surface area contributed by atoms with E-state index in [-0.39, 0.29) is 11.5 Å². The Morgan fingerprint density at radius 3 is 2.36 bits per heavy atom.